The largest absolute Gasteiger partial charge is 1.00 e. The average Bonchev–Trinajstić information content (AvgIpc) is 2.59. The van der Waals surface area contributed by atoms with Crippen molar-refractivity contribution in [3.05, 3.63) is 65.7 Å². The fourth-order valence-electron chi connectivity index (χ4n) is 2.48. The van der Waals surface area contributed by atoms with E-state index in [-0.39, 0.29) is 40.6 Å². The standard InChI is InChI=1S/C19H21NO5S2.Na/c1-14(21)26-12-17(11-15-5-3-2-4-6-15)19(22)20-18-9-7-16(8-10-18)13-27(23,24)25;/h2-10,17H,11-13H2,1H3,(H,20,22)(H,23,24,25);/q;+1/p-1. The van der Waals surface area contributed by atoms with Crippen molar-refractivity contribution in [3.8, 4) is 0 Å². The van der Waals surface area contributed by atoms with Crippen molar-refractivity contribution in [2.45, 2.75) is 19.1 Å². The van der Waals surface area contributed by atoms with Crippen LogP contribution in [0, 0.1) is 5.92 Å². The minimum atomic E-state index is -4.35. The van der Waals surface area contributed by atoms with E-state index in [4.69, 9.17) is 0 Å². The Balaban J connectivity index is 0.00000392. The van der Waals surface area contributed by atoms with Gasteiger partial charge in [-0.2, -0.15) is 0 Å². The second-order valence-corrected chi connectivity index (χ2v) is 8.68. The summed E-state index contributed by atoms with van der Waals surface area (Å²) in [6, 6.07) is 15.6. The van der Waals surface area contributed by atoms with Crippen LogP contribution in [-0.4, -0.2) is 29.7 Å². The van der Waals surface area contributed by atoms with Gasteiger partial charge in [-0.3, -0.25) is 9.59 Å². The summed E-state index contributed by atoms with van der Waals surface area (Å²) in [5.74, 6) is -0.852. The van der Waals surface area contributed by atoms with E-state index in [1.165, 1.54) is 19.1 Å². The maximum absolute atomic E-state index is 12.7. The van der Waals surface area contributed by atoms with Gasteiger partial charge in [0.2, 0.25) is 5.91 Å². The van der Waals surface area contributed by atoms with Crippen molar-refractivity contribution in [3.63, 3.8) is 0 Å². The Kier molecular flexibility index (Phi) is 10.4. The zero-order chi connectivity index (χ0) is 19.9. The van der Waals surface area contributed by atoms with E-state index in [9.17, 15) is 22.6 Å². The minimum absolute atomic E-state index is 0. The topological polar surface area (TPSA) is 103 Å². The predicted molar refractivity (Wildman–Crippen MR) is 105 cm³/mol. The van der Waals surface area contributed by atoms with E-state index in [2.05, 4.69) is 5.32 Å². The molecule has 0 aliphatic heterocycles. The monoisotopic (exact) mass is 429 g/mol. The number of amides is 1. The second kappa shape index (κ2) is 11.7. The van der Waals surface area contributed by atoms with Gasteiger partial charge in [0.05, 0.1) is 21.8 Å². The quantitative estimate of drug-likeness (QED) is 0.461. The average molecular weight is 429 g/mol. The van der Waals surface area contributed by atoms with Crippen LogP contribution in [-0.2, 0) is 31.9 Å². The molecular formula is C19H20NNaO5S2. The molecule has 0 fully saturated rings. The first-order chi connectivity index (χ1) is 12.7. The van der Waals surface area contributed by atoms with Crippen molar-refractivity contribution in [2.24, 2.45) is 5.92 Å². The van der Waals surface area contributed by atoms with Crippen molar-refractivity contribution in [1.29, 1.82) is 0 Å². The Morgan fingerprint density at radius 2 is 1.64 bits per heavy atom. The molecule has 2 aromatic rings. The first-order valence-corrected chi connectivity index (χ1v) is 10.8. The van der Waals surface area contributed by atoms with Gasteiger partial charge in [0.15, 0.2) is 5.12 Å². The van der Waals surface area contributed by atoms with Crippen LogP contribution in [0.25, 0.3) is 0 Å². The molecule has 1 N–H and O–H groups in total. The number of anilines is 1. The molecule has 28 heavy (non-hydrogen) atoms. The summed E-state index contributed by atoms with van der Waals surface area (Å²) in [5.41, 5.74) is 1.85. The molecule has 9 heteroatoms. The third-order valence-electron chi connectivity index (χ3n) is 3.75. The van der Waals surface area contributed by atoms with E-state index in [1.807, 2.05) is 30.3 Å². The van der Waals surface area contributed by atoms with E-state index in [1.54, 1.807) is 12.1 Å². The fraction of sp³-hybridized carbons (Fsp3) is 0.263. The number of nitrogens with one attached hydrogen (secondary N) is 1. The summed E-state index contributed by atoms with van der Waals surface area (Å²) in [7, 11) is -4.35. The molecule has 0 saturated carbocycles. The summed E-state index contributed by atoms with van der Waals surface area (Å²) in [5, 5.41) is 2.73. The third-order valence-corrected chi connectivity index (χ3v) is 5.41. The molecule has 0 saturated heterocycles. The van der Waals surface area contributed by atoms with Crippen LogP contribution < -0.4 is 34.9 Å². The van der Waals surface area contributed by atoms with E-state index in [0.717, 1.165) is 17.3 Å². The zero-order valence-electron chi connectivity index (χ0n) is 15.8. The Hall–Kier alpha value is -1.16. The number of carbonyl (C=O) groups is 2. The predicted octanol–water partition coefficient (Wildman–Crippen LogP) is -0.187. The zero-order valence-corrected chi connectivity index (χ0v) is 19.4. The van der Waals surface area contributed by atoms with Crippen LogP contribution in [0.4, 0.5) is 5.69 Å². The van der Waals surface area contributed by atoms with E-state index in [0.29, 0.717) is 23.4 Å². The first kappa shape index (κ1) is 24.9. The number of rotatable bonds is 8. The van der Waals surface area contributed by atoms with Gasteiger partial charge in [-0.1, -0.05) is 54.2 Å². The minimum Gasteiger partial charge on any atom is -0.748 e. The van der Waals surface area contributed by atoms with Gasteiger partial charge in [-0.25, -0.2) is 8.42 Å². The number of hydrogen-bond donors (Lipinski definition) is 1. The van der Waals surface area contributed by atoms with E-state index < -0.39 is 21.8 Å². The molecule has 2 aromatic carbocycles. The Morgan fingerprint density at radius 3 is 2.18 bits per heavy atom. The Bertz CT molecular complexity index is 886. The summed E-state index contributed by atoms with van der Waals surface area (Å²) in [6.45, 7) is 1.46. The van der Waals surface area contributed by atoms with Gasteiger partial charge < -0.3 is 9.87 Å². The molecule has 0 spiro atoms. The van der Waals surface area contributed by atoms with Gasteiger partial charge in [0, 0.05) is 18.4 Å². The van der Waals surface area contributed by atoms with Crippen molar-refractivity contribution in [2.75, 3.05) is 11.1 Å². The number of benzene rings is 2. The smallest absolute Gasteiger partial charge is 0.748 e. The molecule has 1 amide bonds. The molecule has 0 aliphatic carbocycles. The van der Waals surface area contributed by atoms with Crippen LogP contribution in [0.1, 0.15) is 18.1 Å². The SMILES string of the molecule is CC(=O)SCC(Cc1ccccc1)C(=O)Nc1ccc(CS(=O)(=O)[O-])cc1.[Na+]. The second-order valence-electron chi connectivity index (χ2n) is 6.08. The van der Waals surface area contributed by atoms with Crippen molar-refractivity contribution in [1.82, 2.24) is 0 Å². The Morgan fingerprint density at radius 1 is 1.04 bits per heavy atom. The van der Waals surface area contributed by atoms with Crippen molar-refractivity contribution < 1.29 is 52.1 Å². The maximum atomic E-state index is 12.7. The molecule has 0 bridgehead atoms. The first-order valence-electron chi connectivity index (χ1n) is 8.23. The number of carbonyl (C=O) groups excluding carboxylic acids is 2. The van der Waals surface area contributed by atoms with Crippen LogP contribution in [0.2, 0.25) is 0 Å². The van der Waals surface area contributed by atoms with Crippen LogP contribution in [0.5, 0.6) is 0 Å². The summed E-state index contributed by atoms with van der Waals surface area (Å²) in [4.78, 5) is 24.0. The van der Waals surface area contributed by atoms with Crippen LogP contribution >= 0.6 is 11.8 Å². The van der Waals surface area contributed by atoms with Crippen LogP contribution in [0.3, 0.4) is 0 Å². The Labute approximate surface area is 191 Å². The molecule has 0 aliphatic rings. The molecule has 6 nitrogen and oxygen atoms in total. The normalized spacial score (nSPS) is 11.9. The fourth-order valence-corrected chi connectivity index (χ4v) is 3.78. The van der Waals surface area contributed by atoms with Crippen molar-refractivity contribution >= 4 is 38.6 Å². The summed E-state index contributed by atoms with van der Waals surface area (Å²) in [6.07, 6.45) is 0.499. The molecule has 1 atom stereocenters. The van der Waals surface area contributed by atoms with Gasteiger partial charge >= 0.3 is 29.6 Å². The van der Waals surface area contributed by atoms with Gasteiger partial charge in [-0.15, -0.1) is 0 Å². The van der Waals surface area contributed by atoms with Gasteiger partial charge in [0.1, 0.15) is 0 Å². The van der Waals surface area contributed by atoms with Crippen LogP contribution in [0.15, 0.2) is 54.6 Å². The molecule has 1 unspecified atom stereocenters. The number of thioether (sulfide) groups is 1. The third kappa shape index (κ3) is 9.36. The molecule has 0 heterocycles. The molecule has 0 radical (unpaired) electrons. The summed E-state index contributed by atoms with van der Waals surface area (Å²) < 4.78 is 32.4. The maximum Gasteiger partial charge on any atom is 1.00 e. The van der Waals surface area contributed by atoms with Gasteiger partial charge in [0.25, 0.3) is 0 Å². The molecule has 2 rings (SSSR count). The summed E-state index contributed by atoms with van der Waals surface area (Å²) >= 11 is 1.11. The van der Waals surface area contributed by atoms with Gasteiger partial charge in [-0.05, 0) is 29.7 Å². The molecule has 144 valence electrons. The molecular weight excluding hydrogens is 409 g/mol. The molecule has 0 aromatic heterocycles. The van der Waals surface area contributed by atoms with E-state index >= 15 is 0 Å². The number of hydrogen-bond acceptors (Lipinski definition) is 6.